The smallest absolute Gasteiger partial charge is 0.416 e. The van der Waals surface area contributed by atoms with Crippen molar-refractivity contribution in [1.82, 2.24) is 4.90 Å². The molecule has 232 valence electrons. The highest BCUT2D eigenvalue weighted by molar-refractivity contribution is 5.97. The Bertz CT molecular complexity index is 1520. The summed E-state index contributed by atoms with van der Waals surface area (Å²) >= 11 is 0. The lowest BCUT2D eigenvalue weighted by molar-refractivity contribution is -0.384. The van der Waals surface area contributed by atoms with Gasteiger partial charge in [-0.1, -0.05) is 12.1 Å². The maximum Gasteiger partial charge on any atom is 0.416 e. The van der Waals surface area contributed by atoms with E-state index in [1.54, 1.807) is 65.3 Å². The Labute approximate surface area is 251 Å². The quantitative estimate of drug-likeness (QED) is 0.258. The molecule has 2 atom stereocenters. The molecule has 5 rings (SSSR count). The van der Waals surface area contributed by atoms with E-state index in [9.17, 15) is 32.9 Å². The number of nitrogens with zero attached hydrogens (tertiary/aromatic N) is 4. The summed E-state index contributed by atoms with van der Waals surface area (Å²) in [5.74, 6) is 0.370. The minimum Gasteiger partial charge on any atom is -0.497 e. The fraction of sp³-hybridized carbons (Fsp3) is 0.355. The Morgan fingerprint density at radius 3 is 2.05 bits per heavy atom. The molecule has 2 fully saturated rings. The molecule has 2 unspecified atom stereocenters. The summed E-state index contributed by atoms with van der Waals surface area (Å²) in [5.41, 5.74) is -0.291. The van der Waals surface area contributed by atoms with Gasteiger partial charge in [-0.05, 0) is 60.5 Å². The number of nitro benzene ring substituents is 1. The number of piperidine rings is 1. The van der Waals surface area contributed by atoms with Crippen LogP contribution >= 0.6 is 0 Å². The van der Waals surface area contributed by atoms with E-state index in [-0.39, 0.29) is 50.1 Å². The summed E-state index contributed by atoms with van der Waals surface area (Å²) in [6, 6.07) is 16.1. The van der Waals surface area contributed by atoms with E-state index in [0.29, 0.717) is 29.7 Å². The number of halogens is 3. The zero-order valence-electron chi connectivity index (χ0n) is 24.1. The maximum atomic E-state index is 14.1. The van der Waals surface area contributed by atoms with Crippen LogP contribution in [0, 0.1) is 16.0 Å². The Morgan fingerprint density at radius 2 is 1.50 bits per heavy atom. The van der Waals surface area contributed by atoms with Crippen LogP contribution < -0.4 is 19.3 Å². The summed E-state index contributed by atoms with van der Waals surface area (Å²) in [6.45, 7) is 0.802. The first-order chi connectivity index (χ1) is 21.0. The Hall–Kier alpha value is -4.81. The molecule has 0 spiro atoms. The Kier molecular flexibility index (Phi) is 8.66. The first-order valence-electron chi connectivity index (χ1n) is 14.0. The lowest BCUT2D eigenvalue weighted by Gasteiger charge is -2.44. The molecule has 3 aromatic carbocycles. The molecule has 2 aliphatic rings. The number of piperazine rings is 1. The molecule has 0 N–H and O–H groups in total. The number of hydrogen-bond donors (Lipinski definition) is 0. The molecular formula is C31H31F3N4O6. The number of benzene rings is 3. The average molecular weight is 613 g/mol. The molecule has 0 radical (unpaired) electrons. The van der Waals surface area contributed by atoms with Gasteiger partial charge in [0.15, 0.2) is 0 Å². The predicted octanol–water partition coefficient (Wildman–Crippen LogP) is 5.46. The Balaban J connectivity index is 1.40. The van der Waals surface area contributed by atoms with Gasteiger partial charge >= 0.3 is 6.18 Å². The van der Waals surface area contributed by atoms with E-state index in [1.165, 1.54) is 0 Å². The summed E-state index contributed by atoms with van der Waals surface area (Å²) in [6.07, 6.45) is -4.23. The predicted molar refractivity (Wildman–Crippen MR) is 156 cm³/mol. The first kappa shape index (κ1) is 30.6. The van der Waals surface area contributed by atoms with Crippen molar-refractivity contribution in [3.8, 4) is 11.5 Å². The van der Waals surface area contributed by atoms with Crippen LogP contribution in [0.5, 0.6) is 11.5 Å². The van der Waals surface area contributed by atoms with Crippen molar-refractivity contribution >= 4 is 28.9 Å². The molecule has 0 aromatic heterocycles. The molecule has 2 aliphatic heterocycles. The third-order valence-electron chi connectivity index (χ3n) is 8.15. The number of rotatable bonds is 7. The normalized spacial score (nSPS) is 19.1. The minimum absolute atomic E-state index is 0.0696. The lowest BCUT2D eigenvalue weighted by atomic mass is 9.82. The number of carbonyl (C=O) groups is 2. The summed E-state index contributed by atoms with van der Waals surface area (Å²) in [7, 11) is 3.10. The van der Waals surface area contributed by atoms with Gasteiger partial charge in [-0.3, -0.25) is 19.7 Å². The van der Waals surface area contributed by atoms with Crippen molar-refractivity contribution < 1.29 is 37.2 Å². The fourth-order valence-electron chi connectivity index (χ4n) is 5.90. The molecule has 13 heteroatoms. The number of anilines is 2. The van der Waals surface area contributed by atoms with Gasteiger partial charge in [0.1, 0.15) is 17.2 Å². The third-order valence-corrected chi connectivity index (χ3v) is 8.15. The van der Waals surface area contributed by atoms with Crippen LogP contribution in [-0.2, 0) is 15.8 Å². The molecule has 2 heterocycles. The number of alkyl halides is 3. The maximum absolute atomic E-state index is 14.1. The highest BCUT2D eigenvalue weighted by Crippen LogP contribution is 2.42. The van der Waals surface area contributed by atoms with E-state index < -0.39 is 34.3 Å². The van der Waals surface area contributed by atoms with E-state index in [4.69, 9.17) is 9.47 Å². The van der Waals surface area contributed by atoms with Crippen molar-refractivity contribution in [1.29, 1.82) is 0 Å². The van der Waals surface area contributed by atoms with Gasteiger partial charge in [0.2, 0.25) is 11.8 Å². The second kappa shape index (κ2) is 12.4. The van der Waals surface area contributed by atoms with Crippen molar-refractivity contribution in [2.75, 3.05) is 50.2 Å². The zero-order valence-corrected chi connectivity index (χ0v) is 24.1. The minimum atomic E-state index is -4.71. The molecule has 0 aliphatic carbocycles. The van der Waals surface area contributed by atoms with E-state index in [0.717, 1.165) is 17.7 Å². The van der Waals surface area contributed by atoms with Crippen LogP contribution in [0.15, 0.2) is 66.7 Å². The van der Waals surface area contributed by atoms with Crippen LogP contribution in [0.4, 0.5) is 30.2 Å². The highest BCUT2D eigenvalue weighted by Gasteiger charge is 2.43. The molecule has 3 aromatic rings. The molecule has 0 bridgehead atoms. The van der Waals surface area contributed by atoms with E-state index >= 15 is 0 Å². The molecule has 2 saturated heterocycles. The molecule has 2 amide bonds. The lowest BCUT2D eigenvalue weighted by Crippen LogP contribution is -2.54. The topological polar surface area (TPSA) is 105 Å². The van der Waals surface area contributed by atoms with Crippen molar-refractivity contribution in [3.05, 3.63) is 88.0 Å². The molecule has 10 nitrogen and oxygen atoms in total. The van der Waals surface area contributed by atoms with Gasteiger partial charge in [-0.25, -0.2) is 0 Å². The van der Waals surface area contributed by atoms with Crippen molar-refractivity contribution in [2.45, 2.75) is 25.1 Å². The summed E-state index contributed by atoms with van der Waals surface area (Å²) in [5, 5.41) is 11.6. The third kappa shape index (κ3) is 6.12. The van der Waals surface area contributed by atoms with Crippen LogP contribution in [-0.4, -0.2) is 62.0 Å². The first-order valence-corrected chi connectivity index (χ1v) is 14.0. The van der Waals surface area contributed by atoms with Gasteiger partial charge < -0.3 is 24.2 Å². The van der Waals surface area contributed by atoms with Gasteiger partial charge in [0.05, 0.1) is 36.7 Å². The van der Waals surface area contributed by atoms with E-state index in [1.807, 2.05) is 12.1 Å². The second-order valence-corrected chi connectivity index (χ2v) is 10.6. The van der Waals surface area contributed by atoms with Crippen LogP contribution in [0.2, 0.25) is 0 Å². The number of carbonyl (C=O) groups excluding carboxylic acids is 2. The molecule has 0 saturated carbocycles. The highest BCUT2D eigenvalue weighted by atomic mass is 19.4. The van der Waals surface area contributed by atoms with Crippen LogP contribution in [0.25, 0.3) is 0 Å². The van der Waals surface area contributed by atoms with E-state index in [2.05, 4.69) is 0 Å². The zero-order chi connectivity index (χ0) is 31.6. The number of hydrogen-bond acceptors (Lipinski definition) is 7. The van der Waals surface area contributed by atoms with Gasteiger partial charge in [-0.15, -0.1) is 0 Å². The van der Waals surface area contributed by atoms with Crippen LogP contribution in [0.3, 0.4) is 0 Å². The standard InChI is InChI=1S/C31H31F3N4O6/c1-43-23-8-3-20(4-9-23)29-25(12-14-28(39)37(29)22-6-10-24(44-2)11-7-22)30(40)36-17-15-35(16-18-36)26-13-5-21(31(32,33)34)19-27(26)38(41)42/h3-11,13,19,25,29H,12,14-18H2,1-2H3. The fourth-order valence-corrected chi connectivity index (χ4v) is 5.90. The summed E-state index contributed by atoms with van der Waals surface area (Å²) in [4.78, 5) is 43.2. The van der Waals surface area contributed by atoms with Gasteiger partial charge in [0.25, 0.3) is 5.69 Å². The Morgan fingerprint density at radius 1 is 0.909 bits per heavy atom. The van der Waals surface area contributed by atoms with Crippen molar-refractivity contribution in [3.63, 3.8) is 0 Å². The largest absolute Gasteiger partial charge is 0.497 e. The second-order valence-electron chi connectivity index (χ2n) is 10.6. The molecular weight excluding hydrogens is 581 g/mol. The number of nitro groups is 1. The SMILES string of the molecule is COc1ccc(C2C(C(=O)N3CCN(c4ccc(C(F)(F)F)cc4[N+](=O)[O-])CC3)CCC(=O)N2c2ccc(OC)cc2)cc1. The van der Waals surface area contributed by atoms with Crippen molar-refractivity contribution in [2.24, 2.45) is 5.92 Å². The number of ether oxygens (including phenoxy) is 2. The average Bonchev–Trinajstić information content (AvgIpc) is 3.03. The number of amides is 2. The van der Waals surface area contributed by atoms with Crippen LogP contribution in [0.1, 0.15) is 30.0 Å². The van der Waals surface area contributed by atoms with Gasteiger partial charge in [-0.2, -0.15) is 13.2 Å². The monoisotopic (exact) mass is 612 g/mol. The van der Waals surface area contributed by atoms with Gasteiger partial charge in [0, 0.05) is 44.4 Å². The molecule has 44 heavy (non-hydrogen) atoms. The summed E-state index contributed by atoms with van der Waals surface area (Å²) < 4.78 is 50.2. The number of methoxy groups -OCH3 is 2.